The summed E-state index contributed by atoms with van der Waals surface area (Å²) in [6.07, 6.45) is -0.115. The molecule has 2 aromatic carbocycles. The number of nitrogen functional groups attached to an aromatic ring is 1. The lowest BCUT2D eigenvalue weighted by Crippen LogP contribution is -2.32. The molecule has 2 aromatic heterocycles. The molecular formula is C25H24Cl2F3N7O4. The van der Waals surface area contributed by atoms with Crippen molar-refractivity contribution in [2.45, 2.75) is 39.1 Å². The Hall–Kier alpha value is -4.17. The fourth-order valence-electron chi connectivity index (χ4n) is 3.52. The number of esters is 1. The molecule has 0 aliphatic carbocycles. The zero-order chi connectivity index (χ0) is 30.4. The molecule has 0 amide bonds. The molecule has 0 aliphatic rings. The number of nitrogens with zero attached hydrogens (tertiary/aromatic N) is 6. The number of ether oxygens (including phenoxy) is 1. The summed E-state index contributed by atoms with van der Waals surface area (Å²) in [4.78, 5) is 35.4. The van der Waals surface area contributed by atoms with Crippen molar-refractivity contribution in [1.29, 1.82) is 0 Å². The van der Waals surface area contributed by atoms with Gasteiger partial charge in [-0.15, -0.1) is 26.9 Å². The lowest BCUT2D eigenvalue weighted by atomic mass is 10.1. The molecule has 0 spiro atoms. The fourth-order valence-corrected chi connectivity index (χ4v) is 3.97. The van der Waals surface area contributed by atoms with E-state index in [1.165, 1.54) is 6.92 Å². The van der Waals surface area contributed by atoms with Gasteiger partial charge >= 0.3 is 18.2 Å². The largest absolute Gasteiger partial charge is 0.465 e. The van der Waals surface area contributed by atoms with Gasteiger partial charge in [0.15, 0.2) is 17.3 Å². The first-order chi connectivity index (χ1) is 19.4. The lowest BCUT2D eigenvalue weighted by molar-refractivity contribution is -0.142. The Kier molecular flexibility index (Phi) is 10.3. The van der Waals surface area contributed by atoms with E-state index >= 15 is 0 Å². The molecule has 11 nitrogen and oxygen atoms in total. The summed E-state index contributed by atoms with van der Waals surface area (Å²) in [7, 11) is 0. The predicted molar refractivity (Wildman–Crippen MR) is 145 cm³/mol. The Bertz CT molecular complexity index is 1660. The molecule has 0 fully saturated rings. The lowest BCUT2D eigenvalue weighted by Gasteiger charge is -2.12. The summed E-state index contributed by atoms with van der Waals surface area (Å²) in [6, 6.07) is 11.1. The molecule has 1 unspecified atom stereocenters. The summed E-state index contributed by atoms with van der Waals surface area (Å²) < 4.78 is 46.5. The number of rotatable bonds is 7. The number of halogens is 5. The van der Waals surface area contributed by atoms with Gasteiger partial charge < -0.3 is 10.6 Å². The van der Waals surface area contributed by atoms with Crippen LogP contribution in [0.4, 0.5) is 13.2 Å². The second kappa shape index (κ2) is 13.5. The molecule has 0 aliphatic heterocycles. The summed E-state index contributed by atoms with van der Waals surface area (Å²) in [6.45, 7) is 1.43. The first-order valence-corrected chi connectivity index (χ1v) is 12.7. The Balaban J connectivity index is 0.000000260. The summed E-state index contributed by atoms with van der Waals surface area (Å²) in [5.74, 6) is 3.99. The van der Waals surface area contributed by atoms with Crippen LogP contribution in [0.2, 0.25) is 5.02 Å². The predicted octanol–water partition coefficient (Wildman–Crippen LogP) is 3.57. The average molecular weight is 614 g/mol. The van der Waals surface area contributed by atoms with Crippen molar-refractivity contribution in [1.82, 2.24) is 29.2 Å². The molecule has 2 heterocycles. The van der Waals surface area contributed by atoms with Crippen LogP contribution in [0.1, 0.15) is 30.7 Å². The minimum absolute atomic E-state index is 0.0424. The Labute approximate surface area is 240 Å². The quantitative estimate of drug-likeness (QED) is 0.189. The molecule has 218 valence electrons. The third-order valence-corrected chi connectivity index (χ3v) is 6.26. The van der Waals surface area contributed by atoms with Crippen LogP contribution < -0.4 is 17.1 Å². The number of aromatic nitrogens is 6. The van der Waals surface area contributed by atoms with Crippen molar-refractivity contribution in [3.63, 3.8) is 0 Å². The first-order valence-electron chi connectivity index (χ1n) is 11.9. The standard InChI is InChI=1S/C15H14Cl2F3N3O3.C10H10N4O/c1-3-26-13(24)10(17)4-8-5-12(11(18)6-9(8)16)23-15(25)22(14(19)20)7(2)21-23;1-7-12-13-9(10(15)14(7)11)8-5-3-2-4-6-8/h5-6,10,14H,3-4H2,1-2H3;2-6H,11H2,1H3. The second-order valence-corrected chi connectivity index (χ2v) is 9.28. The van der Waals surface area contributed by atoms with Gasteiger partial charge in [-0.1, -0.05) is 41.9 Å². The van der Waals surface area contributed by atoms with Crippen LogP contribution in [0.5, 0.6) is 0 Å². The van der Waals surface area contributed by atoms with Crippen molar-refractivity contribution in [2.75, 3.05) is 12.4 Å². The Morgan fingerprint density at radius 3 is 2.34 bits per heavy atom. The van der Waals surface area contributed by atoms with Gasteiger partial charge in [0.2, 0.25) is 0 Å². The Morgan fingerprint density at radius 1 is 1.10 bits per heavy atom. The van der Waals surface area contributed by atoms with Gasteiger partial charge in [-0.25, -0.2) is 18.4 Å². The maximum atomic E-state index is 14.2. The van der Waals surface area contributed by atoms with Gasteiger partial charge in [0.05, 0.1) is 6.61 Å². The van der Waals surface area contributed by atoms with Gasteiger partial charge in [-0.2, -0.15) is 13.5 Å². The normalized spacial score (nSPS) is 11.6. The number of carbonyl (C=O) groups is 1. The highest BCUT2D eigenvalue weighted by Gasteiger charge is 2.23. The van der Waals surface area contributed by atoms with Crippen molar-refractivity contribution >= 4 is 29.2 Å². The SMILES string of the molecule is CCOC(=O)C(Cl)Cc1cc(-n2nc(C)n(C(F)F)c2=O)c(F)cc1Cl.Cc1nnc(-c2ccccc2)c(=O)n1N. The van der Waals surface area contributed by atoms with E-state index in [0.717, 1.165) is 16.8 Å². The van der Waals surface area contributed by atoms with Gasteiger partial charge in [0, 0.05) is 17.0 Å². The van der Waals surface area contributed by atoms with Crippen molar-refractivity contribution < 1.29 is 22.7 Å². The van der Waals surface area contributed by atoms with Gasteiger partial charge in [0.25, 0.3) is 5.56 Å². The zero-order valence-electron chi connectivity index (χ0n) is 21.9. The van der Waals surface area contributed by atoms with Gasteiger partial charge in [-0.3, -0.25) is 9.59 Å². The summed E-state index contributed by atoms with van der Waals surface area (Å²) in [5.41, 5.74) is -0.721. The number of alkyl halides is 3. The molecule has 2 N–H and O–H groups in total. The average Bonchev–Trinajstić information content (AvgIpc) is 3.23. The molecule has 0 saturated carbocycles. The van der Waals surface area contributed by atoms with Crippen LogP contribution in [0.15, 0.2) is 52.1 Å². The van der Waals surface area contributed by atoms with Crippen LogP contribution in [-0.4, -0.2) is 47.2 Å². The highest BCUT2D eigenvalue weighted by molar-refractivity contribution is 6.32. The number of aryl methyl sites for hydroxylation is 2. The number of benzene rings is 2. The monoisotopic (exact) mass is 613 g/mol. The molecule has 41 heavy (non-hydrogen) atoms. The van der Waals surface area contributed by atoms with E-state index in [2.05, 4.69) is 15.3 Å². The molecule has 1 atom stereocenters. The number of nitrogens with two attached hydrogens (primary N) is 1. The highest BCUT2D eigenvalue weighted by Crippen LogP contribution is 2.25. The number of hydrogen-bond acceptors (Lipinski definition) is 8. The summed E-state index contributed by atoms with van der Waals surface area (Å²) >= 11 is 11.9. The fraction of sp³-hybridized carbons (Fsp3) is 0.280. The topological polar surface area (TPSA) is 140 Å². The number of carbonyl (C=O) groups excluding carboxylic acids is 1. The zero-order valence-corrected chi connectivity index (χ0v) is 23.4. The van der Waals surface area contributed by atoms with Crippen LogP contribution in [-0.2, 0) is 16.0 Å². The molecule has 0 bridgehead atoms. The highest BCUT2D eigenvalue weighted by atomic mass is 35.5. The molecule has 4 rings (SSSR count). The van der Waals surface area contributed by atoms with Gasteiger partial charge in [0.1, 0.15) is 16.9 Å². The van der Waals surface area contributed by atoms with Crippen molar-refractivity contribution in [3.05, 3.63) is 91.4 Å². The first kappa shape index (κ1) is 31.4. The smallest absolute Gasteiger partial charge is 0.355 e. The van der Waals surface area contributed by atoms with E-state index < -0.39 is 29.4 Å². The Morgan fingerprint density at radius 2 is 1.76 bits per heavy atom. The second-order valence-electron chi connectivity index (χ2n) is 8.34. The molecule has 0 radical (unpaired) electrons. The van der Waals surface area contributed by atoms with Crippen molar-refractivity contribution in [3.8, 4) is 16.9 Å². The van der Waals surface area contributed by atoms with Gasteiger partial charge in [-0.05, 0) is 38.5 Å². The van der Waals surface area contributed by atoms with Crippen molar-refractivity contribution in [2.24, 2.45) is 0 Å². The molecule has 4 aromatic rings. The van der Waals surface area contributed by atoms with E-state index in [9.17, 15) is 27.6 Å². The van der Waals surface area contributed by atoms with E-state index in [0.29, 0.717) is 16.1 Å². The molecular weight excluding hydrogens is 590 g/mol. The molecule has 0 saturated heterocycles. The maximum Gasteiger partial charge on any atom is 0.355 e. The minimum Gasteiger partial charge on any atom is -0.465 e. The molecule has 16 heteroatoms. The van der Waals surface area contributed by atoms with Crippen LogP contribution in [0.3, 0.4) is 0 Å². The van der Waals surface area contributed by atoms with E-state index in [4.69, 9.17) is 33.8 Å². The van der Waals surface area contributed by atoms with E-state index in [1.54, 1.807) is 26.0 Å². The van der Waals surface area contributed by atoms with E-state index in [1.807, 2.05) is 18.2 Å². The van der Waals surface area contributed by atoms with Crippen LogP contribution in [0, 0.1) is 19.7 Å². The third-order valence-electron chi connectivity index (χ3n) is 5.57. The number of hydrogen-bond donors (Lipinski definition) is 1. The van der Waals surface area contributed by atoms with Crippen LogP contribution >= 0.6 is 23.2 Å². The maximum absolute atomic E-state index is 14.2. The van der Waals surface area contributed by atoms with E-state index in [-0.39, 0.29) is 50.9 Å². The summed E-state index contributed by atoms with van der Waals surface area (Å²) in [5, 5.41) is 10.2. The van der Waals surface area contributed by atoms with Crippen LogP contribution in [0.25, 0.3) is 16.9 Å². The third kappa shape index (κ3) is 7.13. The minimum atomic E-state index is -3.12.